The molecule has 7 nitrogen and oxygen atoms in total. The van der Waals surface area contributed by atoms with Crippen molar-refractivity contribution in [1.82, 2.24) is 4.90 Å². The molecule has 33 heavy (non-hydrogen) atoms. The molecule has 2 aromatic carbocycles. The fraction of sp³-hybridized carbons (Fsp3) is 0.217. The second-order valence-corrected chi connectivity index (χ2v) is 9.39. The summed E-state index contributed by atoms with van der Waals surface area (Å²) < 4.78 is 0.513. The van der Waals surface area contributed by atoms with Crippen LogP contribution in [-0.2, 0) is 9.59 Å². The van der Waals surface area contributed by atoms with Crippen LogP contribution in [0.1, 0.15) is 41.6 Å². The number of nitrogens with zero attached hydrogens (tertiary/aromatic N) is 1. The molecular weight excluding hydrogens is 484 g/mol. The van der Waals surface area contributed by atoms with E-state index in [0.29, 0.717) is 39.3 Å². The number of thioether (sulfide) groups is 1. The van der Waals surface area contributed by atoms with Gasteiger partial charge in [-0.25, -0.2) is 4.79 Å². The Morgan fingerprint density at radius 3 is 2.55 bits per heavy atom. The first-order chi connectivity index (χ1) is 15.7. The molecular formula is C23H21ClN2O5S2. The molecule has 3 N–H and O–H groups in total. The first-order valence-electron chi connectivity index (χ1n) is 10.1. The lowest BCUT2D eigenvalue weighted by molar-refractivity contribution is -0.122. The lowest BCUT2D eigenvalue weighted by Crippen LogP contribution is -2.29. The lowest BCUT2D eigenvalue weighted by Gasteiger charge is -2.14. The smallest absolute Gasteiger partial charge is 0.339 e. The third kappa shape index (κ3) is 6.80. The first-order valence-corrected chi connectivity index (χ1v) is 11.7. The number of carboxylic acids is 1. The standard InChI is InChI=1S/C23H21ClN2O5S2/c24-15-7-5-14(6-8-15)12-19-21(29)26(23(32)33-19)11-3-1-2-4-20(28)25-16-9-10-18(27)17(13-16)22(30)31/h5-10,12-13,27H,1-4,11H2,(H,25,28)(H,30,31). The Kier molecular flexibility index (Phi) is 8.49. The van der Waals surface area contributed by atoms with Gasteiger partial charge in [0.2, 0.25) is 5.91 Å². The van der Waals surface area contributed by atoms with Crippen molar-refractivity contribution in [3.8, 4) is 5.75 Å². The molecule has 0 unspecified atom stereocenters. The summed E-state index contributed by atoms with van der Waals surface area (Å²) in [6, 6.07) is 11.1. The van der Waals surface area contributed by atoms with Gasteiger partial charge in [-0.05, 0) is 54.8 Å². The van der Waals surface area contributed by atoms with Crippen molar-refractivity contribution in [3.05, 3.63) is 63.5 Å². The number of unbranched alkanes of at least 4 members (excludes halogenated alkanes) is 2. The number of halogens is 1. The maximum atomic E-state index is 12.7. The fourth-order valence-corrected chi connectivity index (χ4v) is 4.58. The predicted molar refractivity (Wildman–Crippen MR) is 133 cm³/mol. The van der Waals surface area contributed by atoms with E-state index in [0.717, 1.165) is 12.0 Å². The average Bonchev–Trinajstić information content (AvgIpc) is 3.03. The molecule has 0 aromatic heterocycles. The van der Waals surface area contributed by atoms with Crippen molar-refractivity contribution in [2.75, 3.05) is 11.9 Å². The molecule has 0 saturated carbocycles. The maximum absolute atomic E-state index is 12.7. The maximum Gasteiger partial charge on any atom is 0.339 e. The normalized spacial score (nSPS) is 14.7. The van der Waals surface area contributed by atoms with E-state index >= 15 is 0 Å². The minimum absolute atomic E-state index is 0.126. The SMILES string of the molecule is O=C(CCCCCN1C(=O)C(=Cc2ccc(Cl)cc2)SC1=S)Nc1ccc(O)c(C(=O)O)c1. The van der Waals surface area contributed by atoms with Crippen LogP contribution in [0.3, 0.4) is 0 Å². The van der Waals surface area contributed by atoms with Gasteiger partial charge in [-0.15, -0.1) is 0 Å². The number of phenols is 1. The third-order valence-corrected chi connectivity index (χ3v) is 6.47. The Morgan fingerprint density at radius 1 is 1.12 bits per heavy atom. The lowest BCUT2D eigenvalue weighted by atomic mass is 10.1. The summed E-state index contributed by atoms with van der Waals surface area (Å²) in [6.45, 7) is 0.476. The highest BCUT2D eigenvalue weighted by atomic mass is 35.5. The van der Waals surface area contributed by atoms with E-state index in [1.165, 1.54) is 30.0 Å². The number of thiocarbonyl (C=S) groups is 1. The van der Waals surface area contributed by atoms with E-state index in [9.17, 15) is 19.5 Å². The molecule has 1 saturated heterocycles. The van der Waals surface area contributed by atoms with Crippen LogP contribution in [0, 0.1) is 0 Å². The summed E-state index contributed by atoms with van der Waals surface area (Å²) in [5.41, 5.74) is 0.900. The Morgan fingerprint density at radius 2 is 1.85 bits per heavy atom. The number of amides is 2. The van der Waals surface area contributed by atoms with Crippen LogP contribution in [0.25, 0.3) is 6.08 Å². The molecule has 2 aromatic rings. The molecule has 0 aliphatic carbocycles. The Labute approximate surface area is 205 Å². The summed E-state index contributed by atoms with van der Waals surface area (Å²) in [4.78, 5) is 38.0. The highest BCUT2D eigenvalue weighted by Crippen LogP contribution is 2.33. The van der Waals surface area contributed by atoms with E-state index in [-0.39, 0.29) is 29.5 Å². The average molecular weight is 505 g/mol. The molecule has 172 valence electrons. The van der Waals surface area contributed by atoms with Gasteiger partial charge in [0.25, 0.3) is 5.91 Å². The molecule has 0 atom stereocenters. The van der Waals surface area contributed by atoms with Crippen molar-refractivity contribution in [3.63, 3.8) is 0 Å². The molecule has 0 spiro atoms. The van der Waals surface area contributed by atoms with E-state index in [1.807, 2.05) is 12.1 Å². The third-order valence-electron chi connectivity index (χ3n) is 4.84. The molecule has 3 rings (SSSR count). The molecule has 1 aliphatic rings. The molecule has 0 radical (unpaired) electrons. The molecule has 1 fully saturated rings. The summed E-state index contributed by atoms with van der Waals surface area (Å²) in [5, 5.41) is 21.8. The number of benzene rings is 2. The number of hydrogen-bond acceptors (Lipinski definition) is 6. The molecule has 0 bridgehead atoms. The van der Waals surface area contributed by atoms with Crippen LogP contribution < -0.4 is 5.32 Å². The van der Waals surface area contributed by atoms with Crippen LogP contribution in [0.5, 0.6) is 5.75 Å². The second kappa shape index (κ2) is 11.3. The summed E-state index contributed by atoms with van der Waals surface area (Å²) in [6.07, 6.45) is 4.05. The van der Waals surface area contributed by atoms with Crippen molar-refractivity contribution in [2.45, 2.75) is 25.7 Å². The van der Waals surface area contributed by atoms with Crippen LogP contribution in [0.4, 0.5) is 5.69 Å². The Hall–Kier alpha value is -2.88. The van der Waals surface area contributed by atoms with Crippen molar-refractivity contribution in [2.24, 2.45) is 0 Å². The summed E-state index contributed by atoms with van der Waals surface area (Å²) in [7, 11) is 0. The fourth-order valence-electron chi connectivity index (χ4n) is 3.14. The Balaban J connectivity index is 1.42. The number of carbonyl (C=O) groups excluding carboxylic acids is 2. The second-order valence-electron chi connectivity index (χ2n) is 7.28. The zero-order chi connectivity index (χ0) is 24.0. The first kappa shape index (κ1) is 24.8. The highest BCUT2D eigenvalue weighted by molar-refractivity contribution is 8.26. The number of carbonyl (C=O) groups is 3. The van der Waals surface area contributed by atoms with Gasteiger partial charge < -0.3 is 15.5 Å². The van der Waals surface area contributed by atoms with Crippen LogP contribution in [0.15, 0.2) is 47.4 Å². The van der Waals surface area contributed by atoms with Crippen LogP contribution in [0.2, 0.25) is 5.02 Å². The quantitative estimate of drug-likeness (QED) is 0.188. The predicted octanol–water partition coefficient (Wildman–Crippen LogP) is 5.14. The van der Waals surface area contributed by atoms with E-state index in [2.05, 4.69) is 5.32 Å². The van der Waals surface area contributed by atoms with Gasteiger partial charge in [-0.2, -0.15) is 0 Å². The summed E-state index contributed by atoms with van der Waals surface area (Å²) >= 11 is 12.5. The molecule has 10 heteroatoms. The number of nitrogens with one attached hydrogen (secondary N) is 1. The molecule has 1 aliphatic heterocycles. The Bertz CT molecular complexity index is 1120. The monoisotopic (exact) mass is 504 g/mol. The van der Waals surface area contributed by atoms with Crippen molar-refractivity contribution < 1.29 is 24.6 Å². The topological polar surface area (TPSA) is 107 Å². The number of anilines is 1. The number of carboxylic acid groups (broad SMARTS) is 1. The van der Waals surface area contributed by atoms with Gasteiger partial charge in [0.05, 0.1) is 4.91 Å². The van der Waals surface area contributed by atoms with Gasteiger partial charge >= 0.3 is 5.97 Å². The number of aromatic carboxylic acids is 1. The van der Waals surface area contributed by atoms with E-state index < -0.39 is 5.97 Å². The number of rotatable bonds is 9. The highest BCUT2D eigenvalue weighted by Gasteiger charge is 2.31. The largest absolute Gasteiger partial charge is 0.507 e. The van der Waals surface area contributed by atoms with Gasteiger partial charge in [0.15, 0.2) is 0 Å². The van der Waals surface area contributed by atoms with E-state index in [1.54, 1.807) is 23.1 Å². The minimum Gasteiger partial charge on any atom is -0.507 e. The summed E-state index contributed by atoms with van der Waals surface area (Å²) in [5.74, 6) is -2.02. The van der Waals surface area contributed by atoms with Crippen molar-refractivity contribution >= 4 is 69.4 Å². The van der Waals surface area contributed by atoms with Gasteiger partial charge in [0, 0.05) is 23.7 Å². The molecule has 1 heterocycles. The zero-order valence-corrected chi connectivity index (χ0v) is 19.8. The van der Waals surface area contributed by atoms with Crippen LogP contribution in [-0.4, -0.2) is 43.8 Å². The van der Waals surface area contributed by atoms with Gasteiger partial charge in [-0.3, -0.25) is 14.5 Å². The van der Waals surface area contributed by atoms with Crippen LogP contribution >= 0.6 is 35.6 Å². The van der Waals surface area contributed by atoms with Gasteiger partial charge in [-0.1, -0.05) is 54.1 Å². The zero-order valence-electron chi connectivity index (χ0n) is 17.4. The van der Waals surface area contributed by atoms with Crippen molar-refractivity contribution in [1.29, 1.82) is 0 Å². The number of aromatic hydroxyl groups is 1. The molecule has 2 amide bonds. The van der Waals surface area contributed by atoms with Gasteiger partial charge in [0.1, 0.15) is 15.6 Å². The minimum atomic E-state index is -1.28. The van der Waals surface area contributed by atoms with E-state index in [4.69, 9.17) is 28.9 Å². The number of hydrogen-bond donors (Lipinski definition) is 3.